The summed E-state index contributed by atoms with van der Waals surface area (Å²) < 4.78 is 0. The van der Waals surface area contributed by atoms with Crippen LogP contribution >= 0.6 is 11.3 Å². The van der Waals surface area contributed by atoms with Gasteiger partial charge < -0.3 is 11.1 Å². The largest absolute Gasteiger partial charge is 0.383 e. The third-order valence-corrected chi connectivity index (χ3v) is 3.89. The van der Waals surface area contributed by atoms with Crippen molar-refractivity contribution in [2.75, 3.05) is 12.3 Å². The van der Waals surface area contributed by atoms with E-state index in [0.717, 1.165) is 17.7 Å². The molecule has 18 heavy (non-hydrogen) atoms. The van der Waals surface area contributed by atoms with Crippen LogP contribution in [0.3, 0.4) is 0 Å². The van der Waals surface area contributed by atoms with Gasteiger partial charge >= 0.3 is 0 Å². The summed E-state index contributed by atoms with van der Waals surface area (Å²) in [6.07, 6.45) is 1.81. The molecule has 4 heteroatoms. The van der Waals surface area contributed by atoms with Gasteiger partial charge in [0.25, 0.3) is 0 Å². The molecule has 1 unspecified atom stereocenters. The molecule has 3 N–H and O–H groups in total. The summed E-state index contributed by atoms with van der Waals surface area (Å²) in [6.45, 7) is 7.18. The number of aromatic nitrogens is 1. The first-order valence-electron chi connectivity index (χ1n) is 6.11. The highest BCUT2D eigenvalue weighted by Gasteiger charge is 2.19. The lowest BCUT2D eigenvalue weighted by Crippen LogP contribution is -2.23. The fourth-order valence-electron chi connectivity index (χ4n) is 2.09. The zero-order valence-electron chi connectivity index (χ0n) is 11.0. The van der Waals surface area contributed by atoms with E-state index in [9.17, 15) is 0 Å². The number of nitrogen functional groups attached to an aromatic ring is 1. The van der Waals surface area contributed by atoms with E-state index in [0.29, 0.717) is 5.82 Å². The van der Waals surface area contributed by atoms with E-state index in [2.05, 4.69) is 41.0 Å². The number of nitrogens with two attached hydrogens (primary N) is 1. The third-order valence-electron chi connectivity index (χ3n) is 3.01. The molecule has 2 heterocycles. The summed E-state index contributed by atoms with van der Waals surface area (Å²) in [4.78, 5) is 4.26. The molecule has 0 aromatic carbocycles. The Morgan fingerprint density at radius 1 is 1.33 bits per heavy atom. The summed E-state index contributed by atoms with van der Waals surface area (Å²) in [7, 11) is 0. The first kappa shape index (κ1) is 13.1. The number of thiophene rings is 1. The van der Waals surface area contributed by atoms with Gasteiger partial charge in [-0.25, -0.2) is 4.98 Å². The standard InChI is InChI=1S/C14H19N3S/c1-4-16-13(12-8-18-7-10(12)3)11-5-9(2)6-17-14(11)15/h5-8,13,16H,4H2,1-3H3,(H2,15,17). The Morgan fingerprint density at radius 2 is 2.11 bits per heavy atom. The molecule has 3 nitrogen and oxygen atoms in total. The molecule has 0 aliphatic rings. The highest BCUT2D eigenvalue weighted by atomic mass is 32.1. The van der Waals surface area contributed by atoms with Gasteiger partial charge in [0.1, 0.15) is 5.82 Å². The molecule has 2 rings (SSSR count). The lowest BCUT2D eigenvalue weighted by Gasteiger charge is -2.20. The number of hydrogen-bond acceptors (Lipinski definition) is 4. The van der Waals surface area contributed by atoms with Crippen molar-refractivity contribution in [3.8, 4) is 0 Å². The molecule has 0 amide bonds. The van der Waals surface area contributed by atoms with Crippen LogP contribution in [0, 0.1) is 13.8 Å². The molecule has 0 saturated carbocycles. The number of aryl methyl sites for hydroxylation is 2. The van der Waals surface area contributed by atoms with Gasteiger partial charge in [0.05, 0.1) is 6.04 Å². The lowest BCUT2D eigenvalue weighted by atomic mass is 9.98. The number of nitrogens with zero attached hydrogens (tertiary/aromatic N) is 1. The van der Waals surface area contributed by atoms with E-state index in [-0.39, 0.29) is 6.04 Å². The van der Waals surface area contributed by atoms with Gasteiger partial charge in [0.15, 0.2) is 0 Å². The summed E-state index contributed by atoms with van der Waals surface area (Å²) in [5.74, 6) is 0.608. The number of nitrogens with one attached hydrogen (secondary N) is 1. The third kappa shape index (κ3) is 2.54. The van der Waals surface area contributed by atoms with Crippen molar-refractivity contribution in [3.63, 3.8) is 0 Å². The van der Waals surface area contributed by atoms with Gasteiger partial charge in [0, 0.05) is 11.8 Å². The maximum atomic E-state index is 6.03. The van der Waals surface area contributed by atoms with Crippen molar-refractivity contribution in [2.45, 2.75) is 26.8 Å². The molecule has 96 valence electrons. The molecule has 0 aliphatic heterocycles. The second-order valence-electron chi connectivity index (χ2n) is 4.49. The Bertz CT molecular complexity index is 534. The lowest BCUT2D eigenvalue weighted by molar-refractivity contribution is 0.629. The van der Waals surface area contributed by atoms with Crippen LogP contribution in [0.4, 0.5) is 5.82 Å². The second kappa shape index (κ2) is 5.50. The zero-order valence-corrected chi connectivity index (χ0v) is 11.8. The molecule has 0 aliphatic carbocycles. The fourth-order valence-corrected chi connectivity index (χ4v) is 2.97. The van der Waals surface area contributed by atoms with Crippen LogP contribution in [0.15, 0.2) is 23.0 Å². The quantitative estimate of drug-likeness (QED) is 0.889. The van der Waals surface area contributed by atoms with Crippen LogP contribution in [-0.4, -0.2) is 11.5 Å². The zero-order chi connectivity index (χ0) is 13.1. The minimum absolute atomic E-state index is 0.133. The summed E-state index contributed by atoms with van der Waals surface area (Å²) >= 11 is 1.72. The van der Waals surface area contributed by atoms with E-state index in [1.54, 1.807) is 11.3 Å². The van der Waals surface area contributed by atoms with Crippen LogP contribution in [-0.2, 0) is 0 Å². The van der Waals surface area contributed by atoms with Gasteiger partial charge in [0.2, 0.25) is 0 Å². The molecule has 0 fully saturated rings. The Hall–Kier alpha value is -1.39. The molecule has 2 aromatic rings. The highest BCUT2D eigenvalue weighted by molar-refractivity contribution is 7.08. The number of rotatable bonds is 4. The van der Waals surface area contributed by atoms with E-state index < -0.39 is 0 Å². The van der Waals surface area contributed by atoms with Crippen LogP contribution < -0.4 is 11.1 Å². The Kier molecular flexibility index (Phi) is 3.99. The van der Waals surface area contributed by atoms with Crippen molar-refractivity contribution < 1.29 is 0 Å². The SMILES string of the molecule is CCNC(c1cscc1C)c1cc(C)cnc1N. The van der Waals surface area contributed by atoms with Crippen molar-refractivity contribution in [1.82, 2.24) is 10.3 Å². The van der Waals surface area contributed by atoms with Crippen LogP contribution in [0.5, 0.6) is 0 Å². The maximum Gasteiger partial charge on any atom is 0.128 e. The van der Waals surface area contributed by atoms with Gasteiger partial charge in [-0.3, -0.25) is 0 Å². The molecular weight excluding hydrogens is 242 g/mol. The molecule has 0 spiro atoms. The predicted molar refractivity (Wildman–Crippen MR) is 78.0 cm³/mol. The minimum Gasteiger partial charge on any atom is -0.383 e. The smallest absolute Gasteiger partial charge is 0.128 e. The normalized spacial score (nSPS) is 12.6. The molecule has 0 saturated heterocycles. The number of anilines is 1. The second-order valence-corrected chi connectivity index (χ2v) is 5.23. The van der Waals surface area contributed by atoms with Gasteiger partial charge in [-0.2, -0.15) is 11.3 Å². The Labute approximate surface area is 112 Å². The van der Waals surface area contributed by atoms with E-state index in [1.807, 2.05) is 13.1 Å². The van der Waals surface area contributed by atoms with Crippen molar-refractivity contribution >= 4 is 17.2 Å². The Morgan fingerprint density at radius 3 is 2.72 bits per heavy atom. The highest BCUT2D eigenvalue weighted by Crippen LogP contribution is 2.30. The molecule has 0 radical (unpaired) electrons. The molecule has 0 bridgehead atoms. The average Bonchev–Trinajstić information content (AvgIpc) is 2.76. The van der Waals surface area contributed by atoms with Crippen molar-refractivity contribution in [1.29, 1.82) is 0 Å². The molecular formula is C14H19N3S. The van der Waals surface area contributed by atoms with Crippen molar-refractivity contribution in [2.24, 2.45) is 0 Å². The summed E-state index contributed by atoms with van der Waals surface area (Å²) in [5.41, 5.74) is 10.8. The van der Waals surface area contributed by atoms with Gasteiger partial charge in [-0.15, -0.1) is 0 Å². The molecule has 1 atom stereocenters. The molecule has 2 aromatic heterocycles. The van der Waals surface area contributed by atoms with Crippen LogP contribution in [0.1, 0.15) is 35.2 Å². The average molecular weight is 261 g/mol. The van der Waals surface area contributed by atoms with Gasteiger partial charge in [-0.1, -0.05) is 6.92 Å². The van der Waals surface area contributed by atoms with E-state index in [4.69, 9.17) is 5.73 Å². The number of hydrogen-bond donors (Lipinski definition) is 2. The first-order valence-corrected chi connectivity index (χ1v) is 7.05. The minimum atomic E-state index is 0.133. The fraction of sp³-hybridized carbons (Fsp3) is 0.357. The van der Waals surface area contributed by atoms with E-state index >= 15 is 0 Å². The first-order chi connectivity index (χ1) is 8.63. The monoisotopic (exact) mass is 261 g/mol. The maximum absolute atomic E-state index is 6.03. The van der Waals surface area contributed by atoms with E-state index in [1.165, 1.54) is 11.1 Å². The predicted octanol–water partition coefficient (Wildman–Crippen LogP) is 3.04. The van der Waals surface area contributed by atoms with Crippen LogP contribution in [0.25, 0.3) is 0 Å². The number of pyridine rings is 1. The summed E-state index contributed by atoms with van der Waals surface area (Å²) in [6, 6.07) is 2.25. The Balaban J connectivity index is 2.48. The van der Waals surface area contributed by atoms with Crippen LogP contribution in [0.2, 0.25) is 0 Å². The topological polar surface area (TPSA) is 50.9 Å². The van der Waals surface area contributed by atoms with Gasteiger partial charge in [-0.05, 0) is 53.9 Å². The van der Waals surface area contributed by atoms with Crippen molar-refractivity contribution in [3.05, 3.63) is 45.3 Å². The summed E-state index contributed by atoms with van der Waals surface area (Å²) in [5, 5.41) is 7.85.